The first-order valence-electron chi connectivity index (χ1n) is 12.6. The maximum Gasteiger partial charge on any atom is 0.294 e. The Bertz CT molecular complexity index is 1290. The lowest BCUT2D eigenvalue weighted by molar-refractivity contribution is -0.384. The molecule has 2 aromatic carbocycles. The number of halogens is 1. The topological polar surface area (TPSA) is 119 Å². The van der Waals surface area contributed by atoms with Gasteiger partial charge in [0.2, 0.25) is 5.91 Å². The van der Waals surface area contributed by atoms with Gasteiger partial charge >= 0.3 is 0 Å². The molecule has 0 spiro atoms. The number of non-ortho nitro benzene ring substituents is 1. The number of rotatable bonds is 9. The number of hydrogen-bond acceptors (Lipinski definition) is 8. The fourth-order valence-electron chi connectivity index (χ4n) is 4.29. The van der Waals surface area contributed by atoms with Crippen LogP contribution < -0.4 is 9.47 Å². The van der Waals surface area contributed by atoms with Gasteiger partial charge in [0.05, 0.1) is 20.0 Å². The molecule has 3 amide bonds. The van der Waals surface area contributed by atoms with Gasteiger partial charge in [-0.25, -0.2) is 0 Å². The van der Waals surface area contributed by atoms with Gasteiger partial charge in [-0.2, -0.15) is 0 Å². The van der Waals surface area contributed by atoms with Crippen LogP contribution in [0.1, 0.15) is 43.7 Å². The smallest absolute Gasteiger partial charge is 0.294 e. The quantitative estimate of drug-likeness (QED) is 0.147. The summed E-state index contributed by atoms with van der Waals surface area (Å²) in [7, 11) is 0. The second-order valence-corrected chi connectivity index (χ2v) is 11.2. The van der Waals surface area contributed by atoms with E-state index in [4.69, 9.17) is 9.47 Å². The molecule has 0 N–H and O–H groups in total. The Labute approximate surface area is 244 Å². The van der Waals surface area contributed by atoms with Crippen LogP contribution in [0.4, 0.5) is 10.5 Å². The van der Waals surface area contributed by atoms with Gasteiger partial charge in [-0.05, 0) is 95.6 Å². The molecule has 0 radical (unpaired) electrons. The van der Waals surface area contributed by atoms with Gasteiger partial charge in [-0.3, -0.25) is 29.4 Å². The van der Waals surface area contributed by atoms with E-state index in [9.17, 15) is 24.5 Å². The number of benzene rings is 2. The molecular weight excluding hydrogens is 637 g/mol. The van der Waals surface area contributed by atoms with Crippen LogP contribution in [-0.2, 0) is 16.2 Å². The Balaban J connectivity index is 1.48. The zero-order chi connectivity index (χ0) is 27.9. The van der Waals surface area contributed by atoms with Gasteiger partial charge in [0.15, 0.2) is 11.5 Å². The molecule has 0 aliphatic carbocycles. The summed E-state index contributed by atoms with van der Waals surface area (Å²) in [4.78, 5) is 51.8. The zero-order valence-electron chi connectivity index (χ0n) is 21.4. The highest BCUT2D eigenvalue weighted by molar-refractivity contribution is 14.1. The minimum Gasteiger partial charge on any atom is -0.490 e. The molecule has 2 saturated heterocycles. The third-order valence-electron chi connectivity index (χ3n) is 6.29. The van der Waals surface area contributed by atoms with Crippen LogP contribution in [0, 0.1) is 13.7 Å². The third kappa shape index (κ3) is 7.29. The summed E-state index contributed by atoms with van der Waals surface area (Å²) < 4.78 is 12.5. The summed E-state index contributed by atoms with van der Waals surface area (Å²) in [5.41, 5.74) is 1.41. The first kappa shape index (κ1) is 28.9. The molecule has 2 aliphatic heterocycles. The van der Waals surface area contributed by atoms with E-state index in [1.165, 1.54) is 12.1 Å². The van der Waals surface area contributed by atoms with Crippen LogP contribution in [0.15, 0.2) is 41.3 Å². The van der Waals surface area contributed by atoms with Gasteiger partial charge in [0, 0.05) is 25.2 Å². The van der Waals surface area contributed by atoms with E-state index in [2.05, 4.69) is 22.6 Å². The largest absolute Gasteiger partial charge is 0.490 e. The Morgan fingerprint density at radius 2 is 1.79 bits per heavy atom. The van der Waals surface area contributed by atoms with E-state index >= 15 is 0 Å². The molecule has 39 heavy (non-hydrogen) atoms. The summed E-state index contributed by atoms with van der Waals surface area (Å²) in [6.07, 6.45) is 5.64. The molecule has 4 rings (SSSR count). The molecule has 0 unspecified atom stereocenters. The number of carbonyl (C=O) groups is 3. The highest BCUT2D eigenvalue weighted by Gasteiger charge is 2.37. The molecule has 0 aromatic heterocycles. The van der Waals surface area contributed by atoms with Crippen LogP contribution in [0.2, 0.25) is 0 Å². The van der Waals surface area contributed by atoms with Crippen molar-refractivity contribution in [1.29, 1.82) is 0 Å². The van der Waals surface area contributed by atoms with E-state index in [1.54, 1.807) is 29.2 Å². The normalized spacial score (nSPS) is 16.9. The summed E-state index contributed by atoms with van der Waals surface area (Å²) in [6, 6.07) is 9.65. The third-order valence-corrected chi connectivity index (χ3v) is 7.99. The number of thioether (sulfide) groups is 1. The van der Waals surface area contributed by atoms with Crippen molar-refractivity contribution in [1.82, 2.24) is 9.80 Å². The number of nitro groups is 1. The van der Waals surface area contributed by atoms with Crippen molar-refractivity contribution in [2.24, 2.45) is 0 Å². The number of carbonyl (C=O) groups excluding carboxylic acids is 3. The molecule has 2 aromatic rings. The van der Waals surface area contributed by atoms with Crippen molar-refractivity contribution >= 4 is 63.2 Å². The van der Waals surface area contributed by atoms with Gasteiger partial charge < -0.3 is 14.4 Å². The summed E-state index contributed by atoms with van der Waals surface area (Å²) in [5.74, 6) is 0.278. The summed E-state index contributed by atoms with van der Waals surface area (Å²) in [6.45, 7) is 3.45. The molecule has 0 bridgehead atoms. The Morgan fingerprint density at radius 1 is 1.10 bits per heavy atom. The number of imide groups is 1. The number of ether oxygens (including phenoxy) is 2. The summed E-state index contributed by atoms with van der Waals surface area (Å²) in [5, 5.41) is 10.4. The van der Waals surface area contributed by atoms with Gasteiger partial charge in [-0.15, -0.1) is 0 Å². The van der Waals surface area contributed by atoms with Gasteiger partial charge in [0.1, 0.15) is 13.2 Å². The van der Waals surface area contributed by atoms with Crippen molar-refractivity contribution < 1.29 is 28.8 Å². The minimum atomic E-state index is -0.486. The number of hydrogen-bond donors (Lipinski definition) is 0. The SMILES string of the molecule is CCOc1cc(C=C2SC(=O)N(CC(=O)N3CCCCCC3)C2=O)cc(I)c1OCc1ccc([N+](=O)[O-])cc1. The van der Waals surface area contributed by atoms with E-state index in [-0.39, 0.29) is 29.7 Å². The minimum absolute atomic E-state index is 0.00316. The van der Waals surface area contributed by atoms with E-state index in [1.807, 2.05) is 13.0 Å². The number of likely N-dealkylation sites (tertiary alicyclic amines) is 1. The Hall–Kier alpha value is -3.13. The Morgan fingerprint density at radius 3 is 2.44 bits per heavy atom. The van der Waals surface area contributed by atoms with Crippen molar-refractivity contribution in [3.8, 4) is 11.5 Å². The highest BCUT2D eigenvalue weighted by Crippen LogP contribution is 2.38. The average Bonchev–Trinajstić information content (AvgIpc) is 3.09. The van der Waals surface area contributed by atoms with Crippen LogP contribution in [0.5, 0.6) is 11.5 Å². The monoisotopic (exact) mass is 665 g/mol. The molecular formula is C27H28IN3O7S. The first-order valence-corrected chi connectivity index (χ1v) is 14.5. The maximum atomic E-state index is 13.0. The average molecular weight is 666 g/mol. The molecule has 2 aliphatic rings. The van der Waals surface area contributed by atoms with Crippen LogP contribution >= 0.6 is 34.4 Å². The van der Waals surface area contributed by atoms with Crippen LogP contribution in [0.25, 0.3) is 6.08 Å². The second kappa shape index (κ2) is 13.3. The Kier molecular flexibility index (Phi) is 9.83. The van der Waals surface area contributed by atoms with Crippen molar-refractivity contribution in [3.63, 3.8) is 0 Å². The molecule has 206 valence electrons. The molecule has 10 nitrogen and oxygen atoms in total. The van der Waals surface area contributed by atoms with Crippen molar-refractivity contribution in [3.05, 3.63) is 66.1 Å². The van der Waals surface area contributed by atoms with E-state index in [0.717, 1.165) is 51.5 Å². The molecule has 12 heteroatoms. The fraction of sp³-hybridized carbons (Fsp3) is 0.370. The lowest BCUT2D eigenvalue weighted by Gasteiger charge is -2.22. The van der Waals surface area contributed by atoms with Crippen molar-refractivity contribution in [2.45, 2.75) is 39.2 Å². The van der Waals surface area contributed by atoms with Gasteiger partial charge in [0.25, 0.3) is 16.8 Å². The fourth-order valence-corrected chi connectivity index (χ4v) is 5.91. The molecule has 2 heterocycles. The standard InChI is InChI=1S/C27H28IN3O7S/c1-2-37-22-14-19(13-21(28)25(22)38-17-18-7-9-20(10-8-18)31(35)36)15-23-26(33)30(27(34)39-23)16-24(32)29-11-5-3-4-6-12-29/h7-10,13-15H,2-6,11-12,16-17H2,1H3. The maximum absolute atomic E-state index is 13.0. The highest BCUT2D eigenvalue weighted by atomic mass is 127. The lowest BCUT2D eigenvalue weighted by atomic mass is 10.1. The number of amides is 3. The van der Waals surface area contributed by atoms with Crippen LogP contribution in [-0.4, -0.2) is 58.0 Å². The first-order chi connectivity index (χ1) is 18.8. The van der Waals surface area contributed by atoms with Crippen LogP contribution in [0.3, 0.4) is 0 Å². The predicted molar refractivity (Wildman–Crippen MR) is 155 cm³/mol. The molecule has 0 atom stereocenters. The van der Waals surface area contributed by atoms with Gasteiger partial charge in [-0.1, -0.05) is 12.8 Å². The number of nitrogens with zero attached hydrogens (tertiary/aromatic N) is 3. The van der Waals surface area contributed by atoms with E-state index in [0.29, 0.717) is 36.8 Å². The predicted octanol–water partition coefficient (Wildman–Crippen LogP) is 5.62. The molecule has 2 fully saturated rings. The van der Waals surface area contributed by atoms with Crippen molar-refractivity contribution in [2.75, 3.05) is 26.2 Å². The van der Waals surface area contributed by atoms with E-state index < -0.39 is 16.1 Å². The number of nitro benzene ring substituents is 1. The zero-order valence-corrected chi connectivity index (χ0v) is 24.4. The summed E-state index contributed by atoms with van der Waals surface area (Å²) >= 11 is 2.92. The second-order valence-electron chi connectivity index (χ2n) is 9.04. The lowest BCUT2D eigenvalue weighted by Crippen LogP contribution is -2.42. The molecule has 0 saturated carbocycles.